The van der Waals surface area contributed by atoms with E-state index < -0.39 is 12.3 Å². The molecule has 0 rings (SSSR count). The van der Waals surface area contributed by atoms with Crippen LogP contribution in [0, 0.1) is 0 Å². The summed E-state index contributed by atoms with van der Waals surface area (Å²) in [4.78, 5) is 21.6. The smallest absolute Gasteiger partial charge is 0.435 e. The van der Waals surface area contributed by atoms with E-state index in [-0.39, 0.29) is 18.9 Å². The van der Waals surface area contributed by atoms with E-state index in [4.69, 9.17) is 4.74 Å². The molecule has 0 bridgehead atoms. The summed E-state index contributed by atoms with van der Waals surface area (Å²) in [5.74, 6) is -0.170. The van der Waals surface area contributed by atoms with E-state index >= 15 is 0 Å². The van der Waals surface area contributed by atoms with Gasteiger partial charge < -0.3 is 14.8 Å². The third-order valence-electron chi connectivity index (χ3n) is 1.31. The first-order chi connectivity index (χ1) is 6.10. The molecule has 1 amide bonds. The number of carbonyl (C=O) groups excluding carboxylic acids is 2. The van der Waals surface area contributed by atoms with Gasteiger partial charge in [0, 0.05) is 7.05 Å². The van der Waals surface area contributed by atoms with Crippen LogP contribution in [0.2, 0.25) is 0 Å². The monoisotopic (exact) mass is 189 g/mol. The van der Waals surface area contributed by atoms with E-state index in [1.54, 1.807) is 13.8 Å². The predicted octanol–water partition coefficient (Wildman–Crippen LogP) is 0.684. The van der Waals surface area contributed by atoms with Crippen molar-refractivity contribution in [3.8, 4) is 0 Å². The molecule has 0 saturated carbocycles. The largest absolute Gasteiger partial charge is 0.508 e. The van der Waals surface area contributed by atoms with E-state index in [0.717, 1.165) is 0 Å². The van der Waals surface area contributed by atoms with E-state index in [2.05, 4.69) is 10.1 Å². The lowest BCUT2D eigenvalue weighted by Gasteiger charge is -2.11. The van der Waals surface area contributed by atoms with Crippen molar-refractivity contribution in [2.24, 2.45) is 0 Å². The van der Waals surface area contributed by atoms with E-state index in [1.807, 2.05) is 0 Å². The van der Waals surface area contributed by atoms with Crippen LogP contribution < -0.4 is 5.32 Å². The molecule has 1 N–H and O–H groups in total. The van der Waals surface area contributed by atoms with Gasteiger partial charge in [-0.2, -0.15) is 0 Å². The number of rotatable bonds is 4. The molecule has 0 aromatic carbocycles. The van der Waals surface area contributed by atoms with Crippen LogP contribution >= 0.6 is 0 Å². The molecule has 5 nitrogen and oxygen atoms in total. The maximum absolute atomic E-state index is 10.8. The minimum atomic E-state index is -0.737. The van der Waals surface area contributed by atoms with Crippen LogP contribution in [-0.4, -0.2) is 31.8 Å². The molecule has 0 heterocycles. The number of hydrogen-bond acceptors (Lipinski definition) is 4. The van der Waals surface area contributed by atoms with Crippen molar-refractivity contribution in [2.45, 2.75) is 26.4 Å². The number of carbonyl (C=O) groups is 2. The summed E-state index contributed by atoms with van der Waals surface area (Å²) in [6, 6.07) is 0. The fourth-order valence-corrected chi connectivity index (χ4v) is 0.721. The van der Waals surface area contributed by atoms with Crippen LogP contribution in [0.5, 0.6) is 0 Å². The summed E-state index contributed by atoms with van der Waals surface area (Å²) in [6.45, 7) is 3.59. The highest BCUT2D eigenvalue weighted by Gasteiger charge is 2.12. The lowest BCUT2D eigenvalue weighted by atomic mass is 10.3. The summed E-state index contributed by atoms with van der Waals surface area (Å²) in [5, 5.41) is 2.43. The van der Waals surface area contributed by atoms with E-state index in [9.17, 15) is 9.59 Å². The van der Waals surface area contributed by atoms with Crippen molar-refractivity contribution < 1.29 is 19.1 Å². The maximum atomic E-state index is 10.8. The fraction of sp³-hybridized carbons (Fsp3) is 0.750. The second-order valence-electron chi connectivity index (χ2n) is 2.49. The summed E-state index contributed by atoms with van der Waals surface area (Å²) in [5.41, 5.74) is 0. The Balaban J connectivity index is 3.67. The zero-order valence-corrected chi connectivity index (χ0v) is 8.12. The van der Waals surface area contributed by atoms with Gasteiger partial charge in [-0.15, -0.1) is 0 Å². The van der Waals surface area contributed by atoms with Crippen molar-refractivity contribution in [1.29, 1.82) is 0 Å². The number of hydrogen-bond donors (Lipinski definition) is 1. The fourth-order valence-electron chi connectivity index (χ4n) is 0.721. The van der Waals surface area contributed by atoms with Crippen LogP contribution in [0.4, 0.5) is 4.79 Å². The normalized spacial score (nSPS) is 11.6. The quantitative estimate of drug-likeness (QED) is 0.660. The van der Waals surface area contributed by atoms with Crippen LogP contribution in [0.1, 0.15) is 20.3 Å². The first kappa shape index (κ1) is 11.7. The predicted molar refractivity (Wildman–Crippen MR) is 46.3 cm³/mol. The van der Waals surface area contributed by atoms with Gasteiger partial charge in [0.1, 0.15) is 6.10 Å². The molecule has 0 radical (unpaired) electrons. The minimum Gasteiger partial charge on any atom is -0.435 e. The summed E-state index contributed by atoms with van der Waals surface area (Å²) < 4.78 is 9.28. The molecule has 76 valence electrons. The third kappa shape index (κ3) is 5.95. The van der Waals surface area contributed by atoms with Crippen LogP contribution in [-0.2, 0) is 14.3 Å². The number of nitrogens with one attached hydrogen (secondary N) is 1. The highest BCUT2D eigenvalue weighted by atomic mass is 16.7. The summed E-state index contributed by atoms with van der Waals surface area (Å²) in [7, 11) is 1.53. The Bertz CT molecular complexity index is 181. The number of ether oxygens (including phenoxy) is 2. The van der Waals surface area contributed by atoms with Crippen molar-refractivity contribution in [1.82, 2.24) is 5.32 Å². The minimum absolute atomic E-state index is 0.148. The molecular weight excluding hydrogens is 174 g/mol. The Kier molecular flexibility index (Phi) is 5.67. The maximum Gasteiger partial charge on any atom is 0.508 e. The highest BCUT2D eigenvalue weighted by molar-refractivity contribution is 5.76. The summed E-state index contributed by atoms with van der Waals surface area (Å²) in [6.07, 6.45) is -1.05. The van der Waals surface area contributed by atoms with Crippen LogP contribution in [0.3, 0.4) is 0 Å². The molecule has 0 spiro atoms. The molecular formula is C8H15NO4. The number of amides is 1. The lowest BCUT2D eigenvalue weighted by molar-refractivity contribution is -0.122. The van der Waals surface area contributed by atoms with Gasteiger partial charge in [-0.1, -0.05) is 0 Å². The molecule has 5 heteroatoms. The second kappa shape index (κ2) is 6.28. The van der Waals surface area contributed by atoms with Crippen LogP contribution in [0.25, 0.3) is 0 Å². The standard InChI is InChI=1S/C8H15NO4/c1-4-12-8(11)13-6(2)5-7(10)9-3/h6H,4-5H2,1-3H3,(H,9,10). The molecule has 0 aliphatic rings. The molecule has 0 aromatic rings. The van der Waals surface area contributed by atoms with Crippen LogP contribution in [0.15, 0.2) is 0 Å². The Morgan fingerprint density at radius 3 is 2.54 bits per heavy atom. The van der Waals surface area contributed by atoms with Gasteiger partial charge in [0.25, 0.3) is 0 Å². The average Bonchev–Trinajstić information content (AvgIpc) is 2.04. The van der Waals surface area contributed by atoms with Gasteiger partial charge >= 0.3 is 6.16 Å². The van der Waals surface area contributed by atoms with Gasteiger partial charge in [0.15, 0.2) is 0 Å². The van der Waals surface area contributed by atoms with Crippen molar-refractivity contribution in [2.75, 3.05) is 13.7 Å². The highest BCUT2D eigenvalue weighted by Crippen LogP contribution is 1.99. The lowest BCUT2D eigenvalue weighted by Crippen LogP contribution is -2.25. The van der Waals surface area contributed by atoms with E-state index in [1.165, 1.54) is 7.05 Å². The molecule has 0 saturated heterocycles. The van der Waals surface area contributed by atoms with Crippen molar-refractivity contribution in [3.05, 3.63) is 0 Å². The Morgan fingerprint density at radius 1 is 1.46 bits per heavy atom. The molecule has 0 fully saturated rings. The van der Waals surface area contributed by atoms with Gasteiger partial charge in [-0.25, -0.2) is 4.79 Å². The van der Waals surface area contributed by atoms with Crippen molar-refractivity contribution in [3.63, 3.8) is 0 Å². The van der Waals surface area contributed by atoms with Gasteiger partial charge in [0.05, 0.1) is 13.0 Å². The van der Waals surface area contributed by atoms with E-state index in [0.29, 0.717) is 0 Å². The molecule has 0 aromatic heterocycles. The zero-order chi connectivity index (χ0) is 10.3. The van der Waals surface area contributed by atoms with Crippen molar-refractivity contribution >= 4 is 12.1 Å². The molecule has 1 unspecified atom stereocenters. The average molecular weight is 189 g/mol. The molecule has 0 aliphatic carbocycles. The van der Waals surface area contributed by atoms with Gasteiger partial charge in [-0.3, -0.25) is 4.79 Å². The second-order valence-corrected chi connectivity index (χ2v) is 2.49. The van der Waals surface area contributed by atoms with Gasteiger partial charge in [0.2, 0.25) is 5.91 Å². The Morgan fingerprint density at radius 2 is 2.08 bits per heavy atom. The first-order valence-corrected chi connectivity index (χ1v) is 4.14. The topological polar surface area (TPSA) is 64.6 Å². The third-order valence-corrected chi connectivity index (χ3v) is 1.31. The summed E-state index contributed by atoms with van der Waals surface area (Å²) >= 11 is 0. The first-order valence-electron chi connectivity index (χ1n) is 4.14. The van der Waals surface area contributed by atoms with Gasteiger partial charge in [-0.05, 0) is 13.8 Å². The molecule has 1 atom stereocenters. The SMILES string of the molecule is CCOC(=O)OC(C)CC(=O)NC. The Hall–Kier alpha value is -1.26. The zero-order valence-electron chi connectivity index (χ0n) is 8.12. The molecule has 0 aliphatic heterocycles. The molecule has 13 heavy (non-hydrogen) atoms. The Labute approximate surface area is 77.4 Å².